The van der Waals surface area contributed by atoms with Crippen LogP contribution in [0.15, 0.2) is 23.0 Å². The van der Waals surface area contributed by atoms with E-state index in [1.807, 2.05) is 0 Å². The molecule has 1 unspecified atom stereocenters. The zero-order chi connectivity index (χ0) is 15.6. The number of aryl methyl sites for hydroxylation is 1. The Bertz CT molecular complexity index is 1020. The van der Waals surface area contributed by atoms with E-state index in [0.717, 1.165) is 0 Å². The molecular formula is C14H12N3O5+. The molecule has 0 spiro atoms. The average molecular weight is 302 g/mol. The number of phenols is 2. The third kappa shape index (κ3) is 1.49. The van der Waals surface area contributed by atoms with E-state index in [1.165, 1.54) is 21.3 Å². The van der Waals surface area contributed by atoms with Crippen molar-refractivity contribution in [1.29, 1.82) is 0 Å². The second-order valence-corrected chi connectivity index (χ2v) is 5.38. The number of carboxylic acids is 1. The van der Waals surface area contributed by atoms with Crippen LogP contribution in [0.2, 0.25) is 0 Å². The van der Waals surface area contributed by atoms with Crippen molar-refractivity contribution in [2.24, 2.45) is 0 Å². The Labute approximate surface area is 122 Å². The molecule has 0 saturated heterocycles. The topological polar surface area (TPSA) is 119 Å². The van der Waals surface area contributed by atoms with Gasteiger partial charge in [-0.3, -0.25) is 4.98 Å². The highest BCUT2D eigenvalue weighted by atomic mass is 16.4. The van der Waals surface area contributed by atoms with Crippen LogP contribution in [-0.4, -0.2) is 30.8 Å². The zero-order valence-corrected chi connectivity index (χ0v) is 11.3. The van der Waals surface area contributed by atoms with Crippen LogP contribution >= 0.6 is 0 Å². The van der Waals surface area contributed by atoms with E-state index in [-0.39, 0.29) is 23.6 Å². The molecule has 0 radical (unpaired) electrons. The molecule has 0 amide bonds. The van der Waals surface area contributed by atoms with E-state index in [1.54, 1.807) is 6.07 Å². The zero-order valence-electron chi connectivity index (χ0n) is 11.3. The van der Waals surface area contributed by atoms with E-state index >= 15 is 0 Å². The van der Waals surface area contributed by atoms with Gasteiger partial charge < -0.3 is 15.3 Å². The number of nitrogens with one attached hydrogen (secondary N) is 1. The first kappa shape index (κ1) is 12.7. The molecular weight excluding hydrogens is 290 g/mol. The van der Waals surface area contributed by atoms with Gasteiger partial charge in [0, 0.05) is 17.9 Å². The lowest BCUT2D eigenvalue weighted by Gasteiger charge is -2.18. The number of nitrogens with zero attached hydrogens (tertiary/aromatic N) is 2. The van der Waals surface area contributed by atoms with E-state index in [4.69, 9.17) is 0 Å². The number of rotatable bonds is 1. The lowest BCUT2D eigenvalue weighted by Crippen LogP contribution is -2.50. The Morgan fingerprint density at radius 1 is 1.27 bits per heavy atom. The maximum Gasteiger partial charge on any atom is 0.413 e. The first-order valence-electron chi connectivity index (χ1n) is 6.73. The molecule has 0 saturated carbocycles. The van der Waals surface area contributed by atoms with Gasteiger partial charge in [-0.15, -0.1) is 0 Å². The number of aromatic amines is 1. The number of hydrogen-bond acceptors (Lipinski definition) is 4. The monoisotopic (exact) mass is 302 g/mol. The average Bonchev–Trinajstić information content (AvgIpc) is 2.78. The molecule has 1 aliphatic heterocycles. The summed E-state index contributed by atoms with van der Waals surface area (Å²) in [4.78, 5) is 26.3. The lowest BCUT2D eigenvalue weighted by molar-refractivity contribution is -0.668. The summed E-state index contributed by atoms with van der Waals surface area (Å²) in [6.07, 6.45) is 0.264. The van der Waals surface area contributed by atoms with Crippen LogP contribution in [0.5, 0.6) is 11.5 Å². The fraction of sp³-hybridized carbons (Fsp3) is 0.214. The van der Waals surface area contributed by atoms with Crippen LogP contribution in [0, 0.1) is 0 Å². The Balaban J connectivity index is 2.26. The van der Waals surface area contributed by atoms with Gasteiger partial charge in [-0.2, -0.15) is 4.57 Å². The minimum atomic E-state index is -1.01. The van der Waals surface area contributed by atoms with Gasteiger partial charge in [-0.05, 0) is 12.1 Å². The third-order valence-corrected chi connectivity index (χ3v) is 4.12. The molecule has 0 aliphatic carbocycles. The summed E-state index contributed by atoms with van der Waals surface area (Å²) in [7, 11) is 0. The number of aromatic hydroxyl groups is 2. The first-order valence-corrected chi connectivity index (χ1v) is 6.73. The Morgan fingerprint density at radius 3 is 2.73 bits per heavy atom. The first-order chi connectivity index (χ1) is 10.5. The van der Waals surface area contributed by atoms with Gasteiger partial charge in [0.05, 0.1) is 0 Å². The predicted molar refractivity (Wildman–Crippen MR) is 74.9 cm³/mol. The van der Waals surface area contributed by atoms with Crippen molar-refractivity contribution < 1.29 is 24.7 Å². The second kappa shape index (κ2) is 4.00. The van der Waals surface area contributed by atoms with Crippen molar-refractivity contribution >= 4 is 28.0 Å². The molecule has 112 valence electrons. The van der Waals surface area contributed by atoms with Crippen LogP contribution in [0.25, 0.3) is 22.1 Å². The number of benzene rings is 1. The molecule has 8 heteroatoms. The second-order valence-electron chi connectivity index (χ2n) is 5.38. The van der Waals surface area contributed by atoms with Gasteiger partial charge in [0.2, 0.25) is 6.04 Å². The Hall–Kier alpha value is -3.03. The van der Waals surface area contributed by atoms with Gasteiger partial charge >= 0.3 is 17.3 Å². The smallest absolute Gasteiger partial charge is 0.413 e. The van der Waals surface area contributed by atoms with E-state index in [0.29, 0.717) is 28.6 Å². The fourth-order valence-corrected chi connectivity index (χ4v) is 3.15. The number of H-pyrrole nitrogens is 1. The van der Waals surface area contributed by atoms with Gasteiger partial charge in [0.15, 0.2) is 11.5 Å². The van der Waals surface area contributed by atoms with Crippen molar-refractivity contribution in [2.75, 3.05) is 0 Å². The van der Waals surface area contributed by atoms with Crippen LogP contribution in [0.3, 0.4) is 0 Å². The van der Waals surface area contributed by atoms with Crippen molar-refractivity contribution in [2.45, 2.75) is 19.0 Å². The van der Waals surface area contributed by atoms with Crippen molar-refractivity contribution in [3.63, 3.8) is 0 Å². The van der Waals surface area contributed by atoms with Gasteiger partial charge in [-0.25, -0.2) is 14.2 Å². The highest BCUT2D eigenvalue weighted by molar-refractivity contribution is 5.88. The fourth-order valence-electron chi connectivity index (χ4n) is 3.15. The van der Waals surface area contributed by atoms with Crippen LogP contribution in [-0.2, 0) is 11.3 Å². The van der Waals surface area contributed by atoms with Crippen LogP contribution in [0.1, 0.15) is 12.5 Å². The minimum Gasteiger partial charge on any atom is -0.504 e. The van der Waals surface area contributed by atoms with Crippen LogP contribution < -0.4 is 10.3 Å². The summed E-state index contributed by atoms with van der Waals surface area (Å²) >= 11 is 0. The number of carbonyl (C=O) groups is 1. The Morgan fingerprint density at radius 2 is 2.00 bits per heavy atom. The molecule has 3 aromatic rings. The molecule has 2 aromatic heterocycles. The third-order valence-electron chi connectivity index (χ3n) is 4.12. The number of imidazole rings is 1. The maximum atomic E-state index is 12.0. The summed E-state index contributed by atoms with van der Waals surface area (Å²) in [6, 6.07) is 3.47. The summed E-state index contributed by atoms with van der Waals surface area (Å²) < 4.78 is 3.01. The number of carboxylic acid groups (broad SMARTS) is 1. The summed E-state index contributed by atoms with van der Waals surface area (Å²) in [5, 5.41) is 29.4. The van der Waals surface area contributed by atoms with E-state index in [9.17, 15) is 24.9 Å². The molecule has 1 atom stereocenters. The van der Waals surface area contributed by atoms with Crippen molar-refractivity contribution in [1.82, 2.24) is 9.55 Å². The number of fused-ring (bicyclic) bond motifs is 2. The van der Waals surface area contributed by atoms with Gasteiger partial charge in [-0.1, -0.05) is 0 Å². The summed E-state index contributed by atoms with van der Waals surface area (Å²) in [5.74, 6) is -1.65. The summed E-state index contributed by atoms with van der Waals surface area (Å²) in [5.41, 5.74) is 1.11. The maximum absolute atomic E-state index is 12.0. The highest BCUT2D eigenvalue weighted by Gasteiger charge is 2.36. The number of aliphatic carboxylic acids is 1. The molecule has 1 aliphatic rings. The number of pyridine rings is 1. The molecule has 0 fully saturated rings. The summed E-state index contributed by atoms with van der Waals surface area (Å²) in [6.45, 7) is 0.311. The largest absolute Gasteiger partial charge is 0.504 e. The minimum absolute atomic E-state index is 0.264. The lowest BCUT2D eigenvalue weighted by atomic mass is 10.1. The van der Waals surface area contributed by atoms with Gasteiger partial charge in [0.1, 0.15) is 17.6 Å². The SMILES string of the molecule is O=C(O)C1CCn2c(=O)[nH]c3cc4cc(O)c(O)cc4[n+]1c32. The normalized spacial score (nSPS) is 17.2. The molecule has 1 aromatic carbocycles. The molecule has 0 bridgehead atoms. The van der Waals surface area contributed by atoms with Crippen molar-refractivity contribution in [3.8, 4) is 11.5 Å². The van der Waals surface area contributed by atoms with E-state index in [2.05, 4.69) is 4.98 Å². The molecule has 4 rings (SSSR count). The molecule has 8 nitrogen and oxygen atoms in total. The predicted octanol–water partition coefficient (Wildman–Crippen LogP) is 0.211. The quantitative estimate of drug-likeness (QED) is 0.378. The van der Waals surface area contributed by atoms with Crippen LogP contribution in [0.4, 0.5) is 0 Å². The van der Waals surface area contributed by atoms with E-state index < -0.39 is 12.0 Å². The molecule has 3 heterocycles. The number of aromatic nitrogens is 3. The number of hydrogen-bond donors (Lipinski definition) is 4. The standard InChI is InChI=1S/C14H11N3O5/c18-10-4-6-3-7-12-16(14(22)15-7)2-1-8(13(20)21)17(12)9(6)5-11(10)19/h3-5,8H,1-2H2,(H3,15,18,20,21,22)/p+1. The molecule has 22 heavy (non-hydrogen) atoms. The molecule has 4 N–H and O–H groups in total. The van der Waals surface area contributed by atoms with Gasteiger partial charge in [0.25, 0.3) is 0 Å². The Kier molecular flexibility index (Phi) is 2.31. The van der Waals surface area contributed by atoms with Crippen molar-refractivity contribution in [3.05, 3.63) is 28.7 Å². The number of phenolic OH excluding ortho intramolecular Hbond substituents is 2. The highest BCUT2D eigenvalue weighted by Crippen LogP contribution is 2.31.